The summed E-state index contributed by atoms with van der Waals surface area (Å²) in [5.41, 5.74) is 2.22. The molecule has 5 nitrogen and oxygen atoms in total. The fourth-order valence-electron chi connectivity index (χ4n) is 3.57. The summed E-state index contributed by atoms with van der Waals surface area (Å²) in [5, 5.41) is 0.920. The molecule has 7 heteroatoms. The van der Waals surface area contributed by atoms with Gasteiger partial charge in [0.05, 0.1) is 25.2 Å². The summed E-state index contributed by atoms with van der Waals surface area (Å²) >= 11 is 3.54. The van der Waals surface area contributed by atoms with Gasteiger partial charge in [-0.15, -0.1) is 11.8 Å². The number of rotatable bonds is 9. The Morgan fingerprint density at radius 1 is 0.969 bits per heavy atom. The number of benzene rings is 2. The predicted octanol–water partition coefficient (Wildman–Crippen LogP) is 5.60. The highest BCUT2D eigenvalue weighted by atomic mass is 32.2. The first-order valence-electron chi connectivity index (χ1n) is 10.8. The fourth-order valence-corrected chi connectivity index (χ4v) is 5.96. The average Bonchev–Trinajstić information content (AvgIpc) is 3.19. The van der Waals surface area contributed by atoms with Crippen molar-refractivity contribution in [2.75, 3.05) is 25.2 Å². The van der Waals surface area contributed by atoms with E-state index < -0.39 is 5.79 Å². The molecule has 1 saturated heterocycles. The summed E-state index contributed by atoms with van der Waals surface area (Å²) < 4.78 is 30.1. The quantitative estimate of drug-likeness (QED) is 0.469. The van der Waals surface area contributed by atoms with E-state index in [2.05, 4.69) is 12.1 Å². The summed E-state index contributed by atoms with van der Waals surface area (Å²) in [6.45, 7) is 5.38. The minimum Gasteiger partial charge on any atom is -0.497 e. The zero-order valence-corrected chi connectivity index (χ0v) is 20.4. The first kappa shape index (κ1) is 23.5. The van der Waals surface area contributed by atoms with E-state index >= 15 is 0 Å². The lowest BCUT2D eigenvalue weighted by atomic mass is 10.2. The van der Waals surface area contributed by atoms with Crippen molar-refractivity contribution in [3.05, 3.63) is 75.7 Å². The fraction of sp³-hybridized carbons (Fsp3) is 0.440. The number of methoxy groups -OCH3 is 1. The maximum absolute atomic E-state index is 6.46. The van der Waals surface area contributed by atoms with Crippen molar-refractivity contribution in [1.82, 2.24) is 0 Å². The second-order valence-electron chi connectivity index (χ2n) is 8.07. The third kappa shape index (κ3) is 6.23. The highest BCUT2D eigenvalue weighted by Crippen LogP contribution is 2.41. The van der Waals surface area contributed by atoms with Crippen molar-refractivity contribution in [2.45, 2.75) is 45.1 Å². The zero-order valence-electron chi connectivity index (χ0n) is 18.7. The molecule has 0 aliphatic carbocycles. The van der Waals surface area contributed by atoms with Crippen LogP contribution in [0.5, 0.6) is 5.75 Å². The Kier molecular flexibility index (Phi) is 8.07. The van der Waals surface area contributed by atoms with E-state index in [9.17, 15) is 0 Å². The monoisotopic (exact) mass is 474 g/mol. The van der Waals surface area contributed by atoms with Gasteiger partial charge in [-0.2, -0.15) is 0 Å². The Morgan fingerprint density at radius 3 is 2.38 bits per heavy atom. The molecule has 2 aliphatic heterocycles. The minimum absolute atomic E-state index is 0.186. The molecule has 2 aromatic carbocycles. The van der Waals surface area contributed by atoms with Crippen molar-refractivity contribution in [3.63, 3.8) is 0 Å². The smallest absolute Gasteiger partial charge is 0.166 e. The molecular weight excluding hydrogens is 444 g/mol. The third-order valence-electron chi connectivity index (χ3n) is 5.20. The number of hydrogen-bond donors (Lipinski definition) is 0. The Bertz CT molecular complexity index is 898. The second kappa shape index (κ2) is 11.0. The molecule has 0 amide bonds. The van der Waals surface area contributed by atoms with Crippen LogP contribution < -0.4 is 4.74 Å². The van der Waals surface area contributed by atoms with Crippen LogP contribution in [0.25, 0.3) is 0 Å². The largest absolute Gasteiger partial charge is 0.497 e. The summed E-state index contributed by atoms with van der Waals surface area (Å²) in [7, 11) is 1.67. The normalized spacial score (nSPS) is 21.4. The number of hydrogen-bond acceptors (Lipinski definition) is 7. The Hall–Kier alpha value is -1.64. The summed E-state index contributed by atoms with van der Waals surface area (Å²) in [4.78, 5) is 1.09. The van der Waals surface area contributed by atoms with Gasteiger partial charge in [-0.25, -0.2) is 0 Å². The van der Waals surface area contributed by atoms with E-state index in [1.807, 2.05) is 56.3 Å². The molecule has 1 fully saturated rings. The Morgan fingerprint density at radius 2 is 1.69 bits per heavy atom. The van der Waals surface area contributed by atoms with Gasteiger partial charge in [-0.05, 0) is 37.1 Å². The molecule has 172 valence electrons. The zero-order chi connectivity index (χ0) is 22.4. The molecule has 0 saturated carbocycles. The van der Waals surface area contributed by atoms with Crippen molar-refractivity contribution in [3.8, 4) is 5.75 Å². The Balaban J connectivity index is 1.53. The molecule has 2 atom stereocenters. The van der Waals surface area contributed by atoms with Crippen LogP contribution in [-0.4, -0.2) is 43.2 Å². The highest BCUT2D eigenvalue weighted by molar-refractivity contribution is 8.09. The van der Waals surface area contributed by atoms with Gasteiger partial charge in [0.25, 0.3) is 0 Å². The SMILES string of the molecule is COc1ccc(COC2=C([C@@H](OCc3ccccc3)[C@@H]3COC(C)(C)O3)SCCS2)cc1. The van der Waals surface area contributed by atoms with Gasteiger partial charge in [0, 0.05) is 11.5 Å². The maximum atomic E-state index is 6.46. The van der Waals surface area contributed by atoms with Crippen molar-refractivity contribution in [2.24, 2.45) is 0 Å². The van der Waals surface area contributed by atoms with Crippen LogP contribution >= 0.6 is 23.5 Å². The van der Waals surface area contributed by atoms with Crippen LogP contribution in [0.1, 0.15) is 25.0 Å². The van der Waals surface area contributed by atoms with Crippen LogP contribution in [0, 0.1) is 0 Å². The topological polar surface area (TPSA) is 46.2 Å². The van der Waals surface area contributed by atoms with Gasteiger partial charge in [-0.3, -0.25) is 0 Å². The van der Waals surface area contributed by atoms with E-state index in [0.717, 1.165) is 38.4 Å². The Labute approximate surface area is 198 Å². The molecular formula is C25H30O5S2. The second-order valence-corrected chi connectivity index (χ2v) is 10.3. The number of thioether (sulfide) groups is 2. The van der Waals surface area contributed by atoms with Crippen LogP contribution in [0.4, 0.5) is 0 Å². The predicted molar refractivity (Wildman–Crippen MR) is 130 cm³/mol. The van der Waals surface area contributed by atoms with Crippen molar-refractivity contribution in [1.29, 1.82) is 0 Å². The van der Waals surface area contributed by atoms with Crippen molar-refractivity contribution >= 4 is 23.5 Å². The summed E-state index contributed by atoms with van der Waals surface area (Å²) in [6.07, 6.45) is -0.435. The lowest BCUT2D eigenvalue weighted by Gasteiger charge is -2.30. The van der Waals surface area contributed by atoms with Gasteiger partial charge in [0.2, 0.25) is 0 Å². The van der Waals surface area contributed by atoms with Crippen LogP contribution in [0.3, 0.4) is 0 Å². The summed E-state index contributed by atoms with van der Waals surface area (Å²) in [6, 6.07) is 18.2. The van der Waals surface area contributed by atoms with E-state index in [0.29, 0.717) is 19.8 Å². The van der Waals surface area contributed by atoms with Crippen LogP contribution in [-0.2, 0) is 32.2 Å². The lowest BCUT2D eigenvalue weighted by molar-refractivity contribution is -0.153. The van der Waals surface area contributed by atoms with E-state index in [-0.39, 0.29) is 12.2 Å². The van der Waals surface area contributed by atoms with Crippen molar-refractivity contribution < 1.29 is 23.7 Å². The third-order valence-corrected chi connectivity index (χ3v) is 7.74. The first-order chi connectivity index (χ1) is 15.5. The highest BCUT2D eigenvalue weighted by Gasteiger charge is 2.41. The molecule has 2 aliphatic rings. The molecule has 4 rings (SSSR count). The lowest BCUT2D eigenvalue weighted by Crippen LogP contribution is -2.35. The molecule has 0 spiro atoms. The molecule has 32 heavy (non-hydrogen) atoms. The van der Waals surface area contributed by atoms with Gasteiger partial charge < -0.3 is 23.7 Å². The molecule has 0 aromatic heterocycles. The number of ether oxygens (including phenoxy) is 5. The first-order valence-corrected chi connectivity index (χ1v) is 12.7. The molecule has 2 aromatic rings. The van der Waals surface area contributed by atoms with E-state index in [1.165, 1.54) is 0 Å². The van der Waals surface area contributed by atoms with Crippen LogP contribution in [0.15, 0.2) is 64.6 Å². The standard InChI is InChI=1S/C25H30O5S2/c1-25(2)29-17-21(30-25)22(27-15-18-7-5-4-6-8-18)23-24(32-14-13-31-23)28-16-19-9-11-20(26-3)12-10-19/h4-12,21-22H,13-17H2,1-3H3/t21-,22-/m0/s1. The van der Waals surface area contributed by atoms with Gasteiger partial charge >= 0.3 is 0 Å². The molecule has 2 heterocycles. The molecule has 0 bridgehead atoms. The van der Waals surface area contributed by atoms with Gasteiger partial charge in [-0.1, -0.05) is 54.2 Å². The van der Waals surface area contributed by atoms with Crippen LogP contribution in [0.2, 0.25) is 0 Å². The maximum Gasteiger partial charge on any atom is 0.166 e. The van der Waals surface area contributed by atoms with E-state index in [1.54, 1.807) is 30.6 Å². The van der Waals surface area contributed by atoms with Gasteiger partial charge in [0.15, 0.2) is 10.9 Å². The molecule has 0 radical (unpaired) electrons. The van der Waals surface area contributed by atoms with E-state index in [4.69, 9.17) is 23.7 Å². The minimum atomic E-state index is -0.615. The average molecular weight is 475 g/mol. The molecule has 0 N–H and O–H groups in total. The molecule has 0 unspecified atom stereocenters. The van der Waals surface area contributed by atoms with Gasteiger partial charge in [0.1, 0.15) is 24.6 Å². The summed E-state index contributed by atoms with van der Waals surface area (Å²) in [5.74, 6) is 2.24.